The molecule has 3 aromatic rings. The highest BCUT2D eigenvalue weighted by Gasteiger charge is 2.74. The Bertz CT molecular complexity index is 1370. The van der Waals surface area contributed by atoms with Crippen molar-refractivity contribution in [3.63, 3.8) is 0 Å². The molecule has 2 fully saturated rings. The first kappa shape index (κ1) is 20.7. The smallest absolute Gasteiger partial charge is 0.241 e. The maximum Gasteiger partial charge on any atom is 0.241 e. The molecule has 6 rings (SSSR count). The summed E-state index contributed by atoms with van der Waals surface area (Å²) in [7, 11) is 0. The lowest BCUT2D eigenvalue weighted by atomic mass is 9.77. The normalized spacial score (nSPS) is 24.8. The highest BCUT2D eigenvalue weighted by Crippen LogP contribution is 2.57. The molecule has 2 aliphatic heterocycles. The zero-order chi connectivity index (χ0) is 23.8. The zero-order valence-corrected chi connectivity index (χ0v) is 18.6. The summed E-state index contributed by atoms with van der Waals surface area (Å²) in [6.07, 6.45) is -0.902. The van der Waals surface area contributed by atoms with E-state index in [0.717, 1.165) is 16.0 Å². The summed E-state index contributed by atoms with van der Waals surface area (Å²) in [6, 6.07) is 21.0. The summed E-state index contributed by atoms with van der Waals surface area (Å²) >= 11 is 0. The average molecular weight is 451 g/mol. The van der Waals surface area contributed by atoms with E-state index < -0.39 is 46.9 Å². The summed E-state index contributed by atoms with van der Waals surface area (Å²) in [4.78, 5) is 56.4. The number of carbonyl (C=O) groups excluding carboxylic acids is 4. The van der Waals surface area contributed by atoms with Crippen molar-refractivity contribution in [1.82, 2.24) is 0 Å². The third-order valence-corrected chi connectivity index (χ3v) is 7.24. The van der Waals surface area contributed by atoms with Gasteiger partial charge in [-0.15, -0.1) is 0 Å². The molecule has 0 saturated carbocycles. The number of anilines is 1. The van der Waals surface area contributed by atoms with Crippen LogP contribution < -0.4 is 4.90 Å². The summed E-state index contributed by atoms with van der Waals surface area (Å²) in [6.45, 7) is 3.76. The number of rotatable bonds is 2. The average Bonchev–Trinajstić information content (AvgIpc) is 3.40. The summed E-state index contributed by atoms with van der Waals surface area (Å²) in [5.41, 5.74) is 1.28. The molecule has 2 heterocycles. The number of ketones is 2. The predicted octanol–water partition coefficient (Wildman–Crippen LogP) is 4.00. The van der Waals surface area contributed by atoms with Gasteiger partial charge in [0, 0.05) is 11.1 Å². The molecular weight excluding hydrogens is 430 g/mol. The fourth-order valence-electron chi connectivity index (χ4n) is 5.75. The van der Waals surface area contributed by atoms with Gasteiger partial charge in [-0.3, -0.25) is 19.2 Å². The second kappa shape index (κ2) is 7.05. The molecule has 0 radical (unpaired) electrons. The van der Waals surface area contributed by atoms with Gasteiger partial charge in [0.25, 0.3) is 0 Å². The number of nitrogens with zero attached hydrogens (tertiary/aromatic N) is 1. The maximum atomic E-state index is 13.9. The van der Waals surface area contributed by atoms with Crippen LogP contribution in [0.15, 0.2) is 72.8 Å². The van der Waals surface area contributed by atoms with E-state index in [9.17, 15) is 19.2 Å². The topological polar surface area (TPSA) is 80.8 Å². The molecular formula is C28H21NO5. The van der Waals surface area contributed by atoms with Crippen LogP contribution in [-0.4, -0.2) is 29.0 Å². The molecule has 3 atom stereocenters. The van der Waals surface area contributed by atoms with E-state index in [0.29, 0.717) is 11.3 Å². The van der Waals surface area contributed by atoms with Gasteiger partial charge >= 0.3 is 0 Å². The van der Waals surface area contributed by atoms with E-state index in [2.05, 4.69) is 0 Å². The Morgan fingerprint density at radius 1 is 0.765 bits per heavy atom. The summed E-state index contributed by atoms with van der Waals surface area (Å²) in [5.74, 6) is -4.36. The van der Waals surface area contributed by atoms with Crippen molar-refractivity contribution in [2.45, 2.75) is 25.6 Å². The van der Waals surface area contributed by atoms with Crippen LogP contribution in [-0.2, 0) is 14.3 Å². The van der Waals surface area contributed by atoms with Gasteiger partial charge in [0.2, 0.25) is 29.0 Å². The van der Waals surface area contributed by atoms with E-state index in [1.807, 2.05) is 32.0 Å². The minimum absolute atomic E-state index is 0.227. The Labute approximate surface area is 196 Å². The fourth-order valence-corrected chi connectivity index (χ4v) is 5.75. The van der Waals surface area contributed by atoms with Gasteiger partial charge in [-0.2, -0.15) is 0 Å². The van der Waals surface area contributed by atoms with Gasteiger partial charge in [-0.05, 0) is 31.0 Å². The molecule has 0 N–H and O–H groups in total. The molecule has 0 aromatic heterocycles. The van der Waals surface area contributed by atoms with Gasteiger partial charge in [-0.25, -0.2) is 4.90 Å². The molecule has 1 aliphatic carbocycles. The largest absolute Gasteiger partial charge is 0.349 e. The quantitative estimate of drug-likeness (QED) is 0.435. The summed E-state index contributed by atoms with van der Waals surface area (Å²) < 4.78 is 6.28. The van der Waals surface area contributed by atoms with Crippen LogP contribution in [0, 0.1) is 25.7 Å². The van der Waals surface area contributed by atoms with Gasteiger partial charge in [0.15, 0.2) is 0 Å². The standard InChI is InChI=1S/C28H21NO5/c1-15-12-13-20(16(2)14-15)29-26(32)21-22(27(29)33)28(34-23(21)17-8-4-3-5-9-17)24(30)18-10-6-7-11-19(18)25(28)31/h3-14,21-23H,1-2H3/t21-,22-,23-/m1/s1. The third kappa shape index (κ3) is 2.49. The Kier molecular flexibility index (Phi) is 4.29. The fraction of sp³-hybridized carbons (Fsp3) is 0.214. The third-order valence-electron chi connectivity index (χ3n) is 7.24. The number of benzene rings is 3. The Balaban J connectivity index is 1.56. The number of amides is 2. The van der Waals surface area contributed by atoms with Crippen molar-refractivity contribution in [3.8, 4) is 0 Å². The van der Waals surface area contributed by atoms with Crippen molar-refractivity contribution < 1.29 is 23.9 Å². The number of hydrogen-bond donors (Lipinski definition) is 0. The van der Waals surface area contributed by atoms with Crippen LogP contribution in [0.5, 0.6) is 0 Å². The van der Waals surface area contributed by atoms with Crippen molar-refractivity contribution in [2.24, 2.45) is 11.8 Å². The lowest BCUT2D eigenvalue weighted by Gasteiger charge is -2.27. The Hall–Kier alpha value is -3.90. The minimum Gasteiger partial charge on any atom is -0.349 e. The monoisotopic (exact) mass is 451 g/mol. The van der Waals surface area contributed by atoms with E-state index in [-0.39, 0.29) is 11.1 Å². The number of hydrogen-bond acceptors (Lipinski definition) is 5. The SMILES string of the molecule is Cc1ccc(N2C(=O)[C@H]3[C@@H](c4ccccc4)OC4(C(=O)c5ccccc5C4=O)[C@H]3C2=O)c(C)c1. The van der Waals surface area contributed by atoms with Crippen LogP contribution >= 0.6 is 0 Å². The molecule has 6 nitrogen and oxygen atoms in total. The number of imide groups is 1. The van der Waals surface area contributed by atoms with Gasteiger partial charge in [0.1, 0.15) is 0 Å². The Morgan fingerprint density at radius 2 is 1.38 bits per heavy atom. The zero-order valence-electron chi connectivity index (χ0n) is 18.6. The number of aryl methyl sites for hydroxylation is 2. The molecule has 168 valence electrons. The molecule has 3 aromatic carbocycles. The lowest BCUT2D eigenvalue weighted by Crippen LogP contribution is -2.51. The molecule has 1 spiro atoms. The molecule has 0 bridgehead atoms. The molecule has 6 heteroatoms. The Morgan fingerprint density at radius 3 is 2.00 bits per heavy atom. The predicted molar refractivity (Wildman–Crippen MR) is 123 cm³/mol. The van der Waals surface area contributed by atoms with E-state index >= 15 is 0 Å². The van der Waals surface area contributed by atoms with E-state index in [1.54, 1.807) is 54.6 Å². The molecule has 2 amide bonds. The molecule has 34 heavy (non-hydrogen) atoms. The van der Waals surface area contributed by atoms with Crippen LogP contribution in [0.1, 0.15) is 43.5 Å². The van der Waals surface area contributed by atoms with E-state index in [4.69, 9.17) is 4.74 Å². The minimum atomic E-state index is -2.05. The van der Waals surface area contributed by atoms with Crippen LogP contribution in [0.2, 0.25) is 0 Å². The maximum absolute atomic E-state index is 13.9. The van der Waals surface area contributed by atoms with Crippen molar-refractivity contribution >= 4 is 29.1 Å². The number of ether oxygens (including phenoxy) is 1. The van der Waals surface area contributed by atoms with E-state index in [1.165, 1.54) is 0 Å². The lowest BCUT2D eigenvalue weighted by molar-refractivity contribution is -0.127. The summed E-state index contributed by atoms with van der Waals surface area (Å²) in [5, 5.41) is 0. The van der Waals surface area contributed by atoms with Crippen molar-refractivity contribution in [2.75, 3.05) is 4.90 Å². The van der Waals surface area contributed by atoms with Gasteiger partial charge in [0.05, 0.1) is 23.6 Å². The van der Waals surface area contributed by atoms with Crippen molar-refractivity contribution in [3.05, 3.63) is 101 Å². The van der Waals surface area contributed by atoms with Gasteiger partial charge < -0.3 is 4.74 Å². The highest BCUT2D eigenvalue weighted by molar-refractivity contribution is 6.37. The second-order valence-electron chi connectivity index (χ2n) is 9.19. The van der Waals surface area contributed by atoms with Crippen LogP contribution in [0.3, 0.4) is 0 Å². The first-order valence-corrected chi connectivity index (χ1v) is 11.2. The van der Waals surface area contributed by atoms with Crippen LogP contribution in [0.25, 0.3) is 0 Å². The van der Waals surface area contributed by atoms with Crippen molar-refractivity contribution in [1.29, 1.82) is 0 Å². The first-order chi connectivity index (χ1) is 16.4. The second-order valence-corrected chi connectivity index (χ2v) is 9.19. The molecule has 0 unspecified atom stereocenters. The number of carbonyl (C=O) groups is 4. The first-order valence-electron chi connectivity index (χ1n) is 11.2. The van der Waals surface area contributed by atoms with Gasteiger partial charge in [-0.1, -0.05) is 72.3 Å². The highest BCUT2D eigenvalue weighted by atomic mass is 16.5. The molecule has 3 aliphatic rings. The number of fused-ring (bicyclic) bond motifs is 3. The van der Waals surface area contributed by atoms with Crippen LogP contribution in [0.4, 0.5) is 5.69 Å². The molecule has 2 saturated heterocycles. The number of Topliss-reactive ketones (excluding diaryl/α,β-unsaturated/α-hetero) is 2.